The maximum atomic E-state index is 12.4. The quantitative estimate of drug-likeness (QED) is 0.893. The van der Waals surface area contributed by atoms with Gasteiger partial charge in [-0.2, -0.15) is 13.2 Å². The smallest absolute Gasteiger partial charge is 0.396 e. The zero-order valence-electron chi connectivity index (χ0n) is 11.0. The zero-order valence-corrected chi connectivity index (χ0v) is 11.0. The molecule has 1 aliphatic rings. The highest BCUT2D eigenvalue weighted by molar-refractivity contribution is 5.24. The predicted octanol–water partition coefficient (Wildman–Crippen LogP) is 1.88. The Kier molecular flexibility index (Phi) is 4.67. The number of β-amino-alcohol motifs (C(OH)–C–C–N with tert-alkyl or cyclic N) is 1. The minimum absolute atomic E-state index is 0.0325. The van der Waals surface area contributed by atoms with Crippen LogP contribution in [0.5, 0.6) is 0 Å². The van der Waals surface area contributed by atoms with E-state index in [0.717, 1.165) is 24.2 Å². The van der Waals surface area contributed by atoms with E-state index in [1.807, 2.05) is 4.90 Å². The summed E-state index contributed by atoms with van der Waals surface area (Å²) in [6.07, 6.45) is -4.20. The number of benzene rings is 1. The highest BCUT2D eigenvalue weighted by Gasteiger charge is 2.30. The van der Waals surface area contributed by atoms with Gasteiger partial charge >= 0.3 is 6.18 Å². The molecule has 20 heavy (non-hydrogen) atoms. The molecule has 1 fully saturated rings. The Hall–Kier alpha value is -1.11. The molecule has 2 atom stereocenters. The van der Waals surface area contributed by atoms with E-state index in [-0.39, 0.29) is 12.5 Å². The van der Waals surface area contributed by atoms with Crippen molar-refractivity contribution in [1.29, 1.82) is 0 Å². The van der Waals surface area contributed by atoms with Crippen LogP contribution < -0.4 is 0 Å². The van der Waals surface area contributed by atoms with Crippen LogP contribution >= 0.6 is 0 Å². The molecule has 0 bridgehead atoms. The second-order valence-corrected chi connectivity index (χ2v) is 5.23. The Balaban J connectivity index is 1.94. The predicted molar refractivity (Wildman–Crippen MR) is 67.9 cm³/mol. The summed E-state index contributed by atoms with van der Waals surface area (Å²) in [5.41, 5.74) is 0.132. The first-order valence-electron chi connectivity index (χ1n) is 6.57. The van der Waals surface area contributed by atoms with Crippen LogP contribution in [0.1, 0.15) is 17.5 Å². The third-order valence-electron chi connectivity index (χ3n) is 3.73. The normalized spacial score (nSPS) is 24.9. The van der Waals surface area contributed by atoms with Crippen LogP contribution in [0.4, 0.5) is 13.2 Å². The van der Waals surface area contributed by atoms with Crippen molar-refractivity contribution in [1.82, 2.24) is 4.90 Å². The number of aliphatic hydroxyl groups excluding tert-OH is 2. The number of halogens is 3. The molecule has 2 rings (SSSR count). The second-order valence-electron chi connectivity index (χ2n) is 5.23. The molecule has 0 amide bonds. The Morgan fingerprint density at radius 3 is 2.35 bits per heavy atom. The molecule has 0 saturated carbocycles. The van der Waals surface area contributed by atoms with E-state index in [2.05, 4.69) is 0 Å². The third kappa shape index (κ3) is 3.71. The fourth-order valence-corrected chi connectivity index (χ4v) is 2.46. The van der Waals surface area contributed by atoms with Gasteiger partial charge in [-0.25, -0.2) is 0 Å². The van der Waals surface area contributed by atoms with Crippen molar-refractivity contribution in [2.45, 2.75) is 25.2 Å². The molecule has 112 valence electrons. The number of likely N-dealkylation sites (tertiary alicyclic amines) is 1. The van der Waals surface area contributed by atoms with E-state index < -0.39 is 17.8 Å². The Morgan fingerprint density at radius 2 is 1.85 bits per heavy atom. The van der Waals surface area contributed by atoms with Gasteiger partial charge in [-0.3, -0.25) is 4.90 Å². The summed E-state index contributed by atoms with van der Waals surface area (Å²) < 4.78 is 37.3. The lowest BCUT2D eigenvalue weighted by atomic mass is 9.94. The topological polar surface area (TPSA) is 43.7 Å². The Labute approximate surface area is 115 Å². The van der Waals surface area contributed by atoms with E-state index >= 15 is 0 Å². The van der Waals surface area contributed by atoms with Crippen LogP contribution in [0.25, 0.3) is 0 Å². The van der Waals surface area contributed by atoms with Crippen molar-refractivity contribution in [2.75, 3.05) is 19.7 Å². The number of hydrogen-bond donors (Lipinski definition) is 2. The van der Waals surface area contributed by atoms with Crippen molar-refractivity contribution < 1.29 is 23.4 Å². The lowest BCUT2D eigenvalue weighted by molar-refractivity contribution is -0.137. The van der Waals surface area contributed by atoms with Crippen LogP contribution in [0, 0.1) is 5.92 Å². The minimum Gasteiger partial charge on any atom is -0.396 e. The van der Waals surface area contributed by atoms with Crippen LogP contribution in [0.15, 0.2) is 24.3 Å². The van der Waals surface area contributed by atoms with Gasteiger partial charge in [0.1, 0.15) is 0 Å². The standard InChI is InChI=1S/C14H18F3NO2/c15-14(16,17)12-3-1-10(2-4-12)7-18-6-5-11(9-19)13(20)8-18/h1-4,11,13,19-20H,5-9H2/t11-,13+/m1/s1. The van der Waals surface area contributed by atoms with Crippen LogP contribution in [-0.2, 0) is 12.7 Å². The van der Waals surface area contributed by atoms with E-state index in [0.29, 0.717) is 19.5 Å². The minimum atomic E-state index is -4.31. The summed E-state index contributed by atoms with van der Waals surface area (Å²) >= 11 is 0. The number of hydrogen-bond acceptors (Lipinski definition) is 3. The molecule has 1 aromatic carbocycles. The van der Waals surface area contributed by atoms with Crippen LogP contribution in [-0.4, -0.2) is 40.9 Å². The van der Waals surface area contributed by atoms with E-state index in [4.69, 9.17) is 5.11 Å². The maximum absolute atomic E-state index is 12.4. The molecule has 0 aromatic heterocycles. The van der Waals surface area contributed by atoms with Gasteiger partial charge in [0, 0.05) is 25.6 Å². The van der Waals surface area contributed by atoms with Gasteiger partial charge < -0.3 is 10.2 Å². The van der Waals surface area contributed by atoms with Gasteiger partial charge in [-0.1, -0.05) is 12.1 Å². The van der Waals surface area contributed by atoms with Gasteiger partial charge in [0.25, 0.3) is 0 Å². The number of alkyl halides is 3. The molecule has 1 aliphatic heterocycles. The highest BCUT2D eigenvalue weighted by Crippen LogP contribution is 2.29. The Morgan fingerprint density at radius 1 is 1.20 bits per heavy atom. The molecule has 0 unspecified atom stereocenters. The molecule has 0 aliphatic carbocycles. The zero-order chi connectivity index (χ0) is 14.8. The van der Waals surface area contributed by atoms with Crippen LogP contribution in [0.2, 0.25) is 0 Å². The van der Waals surface area contributed by atoms with Crippen molar-refractivity contribution >= 4 is 0 Å². The molecule has 6 heteroatoms. The average molecular weight is 289 g/mol. The lowest BCUT2D eigenvalue weighted by Gasteiger charge is -2.35. The summed E-state index contributed by atoms with van der Waals surface area (Å²) in [5.74, 6) is -0.0983. The highest BCUT2D eigenvalue weighted by atomic mass is 19.4. The molecule has 0 radical (unpaired) electrons. The fourth-order valence-electron chi connectivity index (χ4n) is 2.46. The average Bonchev–Trinajstić information content (AvgIpc) is 2.38. The van der Waals surface area contributed by atoms with Gasteiger partial charge in [-0.15, -0.1) is 0 Å². The van der Waals surface area contributed by atoms with Crippen molar-refractivity contribution in [3.63, 3.8) is 0 Å². The number of piperidine rings is 1. The molecule has 1 heterocycles. The third-order valence-corrected chi connectivity index (χ3v) is 3.73. The molecule has 3 nitrogen and oxygen atoms in total. The van der Waals surface area contributed by atoms with Gasteiger partial charge in [0.05, 0.1) is 11.7 Å². The number of rotatable bonds is 3. The second kappa shape index (κ2) is 6.11. The molecule has 1 aromatic rings. The molecule has 2 N–H and O–H groups in total. The van der Waals surface area contributed by atoms with E-state index in [1.165, 1.54) is 12.1 Å². The summed E-state index contributed by atoms with van der Waals surface area (Å²) in [6, 6.07) is 5.08. The number of nitrogens with zero attached hydrogens (tertiary/aromatic N) is 1. The summed E-state index contributed by atoms with van der Waals surface area (Å²) in [6.45, 7) is 1.64. The van der Waals surface area contributed by atoms with Crippen LogP contribution in [0.3, 0.4) is 0 Å². The van der Waals surface area contributed by atoms with Crippen molar-refractivity contribution in [3.8, 4) is 0 Å². The van der Waals surface area contributed by atoms with E-state index in [1.54, 1.807) is 0 Å². The Bertz CT molecular complexity index is 433. The van der Waals surface area contributed by atoms with Crippen molar-refractivity contribution in [3.05, 3.63) is 35.4 Å². The van der Waals surface area contributed by atoms with Gasteiger partial charge in [0.15, 0.2) is 0 Å². The first kappa shape index (κ1) is 15.3. The first-order chi connectivity index (χ1) is 9.40. The van der Waals surface area contributed by atoms with Crippen molar-refractivity contribution in [2.24, 2.45) is 5.92 Å². The molecular weight excluding hydrogens is 271 g/mol. The molecular formula is C14H18F3NO2. The molecule has 0 spiro atoms. The summed E-state index contributed by atoms with van der Waals surface area (Å²) in [5, 5.41) is 18.9. The largest absolute Gasteiger partial charge is 0.416 e. The lowest BCUT2D eigenvalue weighted by Crippen LogP contribution is -2.44. The van der Waals surface area contributed by atoms with Gasteiger partial charge in [-0.05, 0) is 30.7 Å². The fraction of sp³-hybridized carbons (Fsp3) is 0.571. The first-order valence-corrected chi connectivity index (χ1v) is 6.57. The monoisotopic (exact) mass is 289 g/mol. The van der Waals surface area contributed by atoms with Gasteiger partial charge in [0.2, 0.25) is 0 Å². The summed E-state index contributed by atoms with van der Waals surface area (Å²) in [7, 11) is 0. The SMILES string of the molecule is OC[C@H]1CCN(Cc2ccc(C(F)(F)F)cc2)C[C@@H]1O. The van der Waals surface area contributed by atoms with E-state index in [9.17, 15) is 18.3 Å². The number of aliphatic hydroxyl groups is 2. The molecule has 1 saturated heterocycles. The summed E-state index contributed by atoms with van der Waals surface area (Å²) in [4.78, 5) is 1.99. The maximum Gasteiger partial charge on any atom is 0.416 e.